The van der Waals surface area contributed by atoms with Crippen LogP contribution in [-0.2, 0) is 6.18 Å². The quantitative estimate of drug-likeness (QED) is 0.614. The van der Waals surface area contributed by atoms with Crippen molar-refractivity contribution in [3.8, 4) is 0 Å². The van der Waals surface area contributed by atoms with Crippen molar-refractivity contribution in [3.63, 3.8) is 0 Å². The molecule has 138 valence electrons. The molecule has 27 heavy (non-hydrogen) atoms. The molecule has 0 radical (unpaired) electrons. The maximum Gasteiger partial charge on any atom is 0.416 e. The van der Waals surface area contributed by atoms with Gasteiger partial charge < -0.3 is 10.6 Å². The summed E-state index contributed by atoms with van der Waals surface area (Å²) < 4.78 is 51.5. The Morgan fingerprint density at radius 1 is 0.889 bits per heavy atom. The van der Waals surface area contributed by atoms with Crippen LogP contribution in [-0.4, -0.2) is 10.9 Å². The largest absolute Gasteiger partial charge is 0.416 e. The van der Waals surface area contributed by atoms with Gasteiger partial charge >= 0.3 is 6.18 Å². The monoisotopic (exact) mass is 375 g/mol. The fraction of sp³-hybridized carbons (Fsp3) is 0.0526. The smallest absolute Gasteiger partial charge is 0.355 e. The first-order valence-electron chi connectivity index (χ1n) is 7.78. The molecule has 3 rings (SSSR count). The second kappa shape index (κ2) is 7.45. The third kappa shape index (κ3) is 4.81. The average Bonchev–Trinajstić information content (AvgIpc) is 2.61. The first-order valence-corrected chi connectivity index (χ1v) is 7.78. The number of rotatable bonds is 4. The van der Waals surface area contributed by atoms with Gasteiger partial charge in [-0.2, -0.15) is 13.2 Å². The molecule has 0 aliphatic rings. The summed E-state index contributed by atoms with van der Waals surface area (Å²) in [6.45, 7) is 0. The van der Waals surface area contributed by atoms with E-state index in [1.165, 1.54) is 42.6 Å². The van der Waals surface area contributed by atoms with Crippen LogP contribution in [0, 0.1) is 5.82 Å². The van der Waals surface area contributed by atoms with Gasteiger partial charge in [0.25, 0.3) is 5.91 Å². The Balaban J connectivity index is 1.76. The van der Waals surface area contributed by atoms with Crippen molar-refractivity contribution in [2.45, 2.75) is 6.18 Å². The van der Waals surface area contributed by atoms with E-state index in [4.69, 9.17) is 0 Å². The molecule has 4 nitrogen and oxygen atoms in total. The van der Waals surface area contributed by atoms with Gasteiger partial charge in [-0.25, -0.2) is 4.39 Å². The third-order valence-electron chi connectivity index (χ3n) is 3.55. The first-order chi connectivity index (χ1) is 12.8. The number of amides is 1. The van der Waals surface area contributed by atoms with Crippen molar-refractivity contribution in [1.29, 1.82) is 0 Å². The zero-order valence-electron chi connectivity index (χ0n) is 13.7. The van der Waals surface area contributed by atoms with Gasteiger partial charge in [0.05, 0.1) is 5.56 Å². The van der Waals surface area contributed by atoms with E-state index in [2.05, 4.69) is 15.6 Å². The Kier molecular flexibility index (Phi) is 5.07. The van der Waals surface area contributed by atoms with Gasteiger partial charge in [0.15, 0.2) is 0 Å². The number of anilines is 3. The number of hydrogen-bond acceptors (Lipinski definition) is 3. The average molecular weight is 375 g/mol. The lowest BCUT2D eigenvalue weighted by atomic mass is 10.2. The van der Waals surface area contributed by atoms with E-state index >= 15 is 0 Å². The number of nitrogens with zero attached hydrogens (tertiary/aromatic N) is 1. The number of carbonyl (C=O) groups is 1. The number of nitrogens with one attached hydrogen (secondary N) is 2. The van der Waals surface area contributed by atoms with Crippen LogP contribution in [0.5, 0.6) is 0 Å². The SMILES string of the molecule is O=C(Nc1cccc(C(F)(F)F)c1)c1cc(Nc2cccc(F)c2)ccn1. The van der Waals surface area contributed by atoms with Gasteiger partial charge in [0, 0.05) is 23.3 Å². The number of alkyl halides is 3. The topological polar surface area (TPSA) is 54.0 Å². The highest BCUT2D eigenvalue weighted by atomic mass is 19.4. The molecule has 8 heteroatoms. The third-order valence-corrected chi connectivity index (χ3v) is 3.55. The fourth-order valence-corrected chi connectivity index (χ4v) is 2.33. The molecule has 0 bridgehead atoms. The molecule has 0 unspecified atom stereocenters. The van der Waals surface area contributed by atoms with Crippen LogP contribution in [0.4, 0.5) is 34.6 Å². The molecule has 0 spiro atoms. The molecular weight excluding hydrogens is 362 g/mol. The van der Waals surface area contributed by atoms with Crippen LogP contribution >= 0.6 is 0 Å². The first kappa shape index (κ1) is 18.4. The lowest BCUT2D eigenvalue weighted by Crippen LogP contribution is -2.14. The highest BCUT2D eigenvalue weighted by Gasteiger charge is 2.30. The zero-order valence-corrected chi connectivity index (χ0v) is 13.7. The van der Waals surface area contributed by atoms with E-state index < -0.39 is 23.5 Å². The molecule has 0 saturated heterocycles. The van der Waals surface area contributed by atoms with E-state index in [1.54, 1.807) is 12.1 Å². The minimum Gasteiger partial charge on any atom is -0.355 e. The summed E-state index contributed by atoms with van der Waals surface area (Å²) >= 11 is 0. The van der Waals surface area contributed by atoms with Crippen LogP contribution < -0.4 is 10.6 Å². The van der Waals surface area contributed by atoms with Crippen LogP contribution in [0.1, 0.15) is 16.1 Å². The Morgan fingerprint density at radius 2 is 1.59 bits per heavy atom. The summed E-state index contributed by atoms with van der Waals surface area (Å²) in [4.78, 5) is 16.2. The predicted octanol–water partition coefficient (Wildman–Crippen LogP) is 5.24. The molecule has 0 atom stereocenters. The lowest BCUT2D eigenvalue weighted by Gasteiger charge is -2.10. The van der Waals surface area contributed by atoms with Gasteiger partial charge in [0.2, 0.25) is 0 Å². The van der Waals surface area contributed by atoms with Crippen molar-refractivity contribution >= 4 is 23.0 Å². The number of halogens is 4. The summed E-state index contributed by atoms with van der Waals surface area (Å²) in [6.07, 6.45) is -3.14. The van der Waals surface area contributed by atoms with Crippen LogP contribution in [0.2, 0.25) is 0 Å². The molecular formula is C19H13F4N3O. The number of hydrogen-bond donors (Lipinski definition) is 2. The van der Waals surface area contributed by atoms with Crippen molar-refractivity contribution in [1.82, 2.24) is 4.98 Å². The van der Waals surface area contributed by atoms with E-state index in [1.807, 2.05) is 0 Å². The standard InChI is InChI=1S/C19H13F4N3O/c20-13-4-2-6-15(10-13)25-16-7-8-24-17(11-16)18(27)26-14-5-1-3-12(9-14)19(21,22)23/h1-11H,(H,24,25)(H,26,27). The Hall–Kier alpha value is -3.42. The second-order valence-corrected chi connectivity index (χ2v) is 5.60. The Morgan fingerprint density at radius 3 is 2.33 bits per heavy atom. The van der Waals surface area contributed by atoms with Gasteiger partial charge in [-0.3, -0.25) is 9.78 Å². The van der Waals surface area contributed by atoms with E-state index in [9.17, 15) is 22.4 Å². The molecule has 1 amide bonds. The predicted molar refractivity (Wildman–Crippen MR) is 93.3 cm³/mol. The van der Waals surface area contributed by atoms with E-state index in [0.717, 1.165) is 12.1 Å². The molecule has 0 aliphatic carbocycles. The molecule has 0 saturated carbocycles. The number of benzene rings is 2. The van der Waals surface area contributed by atoms with Crippen LogP contribution in [0.3, 0.4) is 0 Å². The summed E-state index contributed by atoms with van der Waals surface area (Å²) in [5.74, 6) is -1.09. The summed E-state index contributed by atoms with van der Waals surface area (Å²) in [5.41, 5.74) is 0.0824. The maximum absolute atomic E-state index is 13.2. The molecule has 2 N–H and O–H groups in total. The molecule has 1 heterocycles. The Labute approximate surface area is 151 Å². The number of pyridine rings is 1. The summed E-state index contributed by atoms with van der Waals surface area (Å²) in [5, 5.41) is 5.31. The zero-order chi connectivity index (χ0) is 19.4. The normalized spacial score (nSPS) is 11.1. The molecule has 2 aromatic carbocycles. The molecule has 3 aromatic rings. The molecule has 0 fully saturated rings. The Bertz CT molecular complexity index is 973. The lowest BCUT2D eigenvalue weighted by molar-refractivity contribution is -0.137. The van der Waals surface area contributed by atoms with Crippen molar-refractivity contribution in [2.24, 2.45) is 0 Å². The van der Waals surface area contributed by atoms with E-state index in [-0.39, 0.29) is 11.4 Å². The number of aromatic nitrogens is 1. The van der Waals surface area contributed by atoms with Crippen molar-refractivity contribution in [2.75, 3.05) is 10.6 Å². The minimum atomic E-state index is -4.51. The minimum absolute atomic E-state index is 0.000109. The summed E-state index contributed by atoms with van der Waals surface area (Å²) in [7, 11) is 0. The number of carbonyl (C=O) groups excluding carboxylic acids is 1. The summed E-state index contributed by atoms with van der Waals surface area (Å²) in [6, 6.07) is 13.0. The highest BCUT2D eigenvalue weighted by Crippen LogP contribution is 2.30. The van der Waals surface area contributed by atoms with Crippen LogP contribution in [0.15, 0.2) is 66.9 Å². The second-order valence-electron chi connectivity index (χ2n) is 5.60. The van der Waals surface area contributed by atoms with E-state index in [0.29, 0.717) is 11.4 Å². The van der Waals surface area contributed by atoms with Gasteiger partial charge in [-0.05, 0) is 48.5 Å². The van der Waals surface area contributed by atoms with Crippen molar-refractivity contribution in [3.05, 3.63) is 83.9 Å². The fourth-order valence-electron chi connectivity index (χ4n) is 2.33. The maximum atomic E-state index is 13.2. The molecule has 1 aromatic heterocycles. The van der Waals surface area contributed by atoms with Gasteiger partial charge in [0.1, 0.15) is 11.5 Å². The molecule has 0 aliphatic heterocycles. The van der Waals surface area contributed by atoms with Gasteiger partial charge in [-0.15, -0.1) is 0 Å². The van der Waals surface area contributed by atoms with Gasteiger partial charge in [-0.1, -0.05) is 12.1 Å². The highest BCUT2D eigenvalue weighted by molar-refractivity contribution is 6.03. The van der Waals surface area contributed by atoms with Crippen LogP contribution in [0.25, 0.3) is 0 Å². The van der Waals surface area contributed by atoms with Crippen molar-refractivity contribution < 1.29 is 22.4 Å².